The van der Waals surface area contributed by atoms with Crippen LogP contribution in [0.2, 0.25) is 0 Å². The number of hydrogen-bond donors (Lipinski definition) is 1. The van der Waals surface area contributed by atoms with E-state index in [4.69, 9.17) is 0 Å². The molecule has 21 heavy (non-hydrogen) atoms. The van der Waals surface area contributed by atoms with E-state index in [1.807, 2.05) is 24.3 Å². The number of unbranched alkanes of at least 4 members (excludes halogenated alkanes) is 8. The molecule has 0 saturated carbocycles. The summed E-state index contributed by atoms with van der Waals surface area (Å²) in [5.41, 5.74) is 0.905. The van der Waals surface area contributed by atoms with Crippen molar-refractivity contribution in [3.05, 3.63) is 27.8 Å². The molecule has 2 nitrogen and oxygen atoms in total. The Morgan fingerprint density at radius 3 is 2.24 bits per heavy atom. The fourth-order valence-corrected chi connectivity index (χ4v) is 2.93. The van der Waals surface area contributed by atoms with Crippen LogP contribution in [0.4, 0.5) is 5.69 Å². The summed E-state index contributed by atoms with van der Waals surface area (Å²) < 4.78 is 1.15. The maximum Gasteiger partial charge on any atom is 0.224 e. The van der Waals surface area contributed by atoms with Gasteiger partial charge in [0.15, 0.2) is 0 Å². The first kappa shape index (κ1) is 18.5. The predicted molar refractivity (Wildman–Crippen MR) is 99.6 cm³/mol. The Hall–Kier alpha value is -0.580. The number of carbonyl (C=O) groups is 1. The molecule has 0 aliphatic rings. The SMILES string of the molecule is CCCCCCCCCCCC(=O)Nc1cccc(I)c1. The van der Waals surface area contributed by atoms with Gasteiger partial charge < -0.3 is 5.32 Å². The highest BCUT2D eigenvalue weighted by Gasteiger charge is 2.02. The zero-order valence-corrected chi connectivity index (χ0v) is 15.3. The number of rotatable bonds is 11. The molecule has 0 saturated heterocycles. The zero-order valence-electron chi connectivity index (χ0n) is 13.2. The summed E-state index contributed by atoms with van der Waals surface area (Å²) in [6, 6.07) is 7.93. The topological polar surface area (TPSA) is 29.1 Å². The number of benzene rings is 1. The molecule has 3 heteroatoms. The molecule has 118 valence electrons. The van der Waals surface area contributed by atoms with Crippen molar-refractivity contribution >= 4 is 34.2 Å². The molecule has 1 amide bonds. The van der Waals surface area contributed by atoms with Gasteiger partial charge in [-0.15, -0.1) is 0 Å². The summed E-state index contributed by atoms with van der Waals surface area (Å²) in [5.74, 6) is 0.139. The predicted octanol–water partition coefficient (Wildman–Crippen LogP) is 6.15. The Morgan fingerprint density at radius 2 is 1.62 bits per heavy atom. The lowest BCUT2D eigenvalue weighted by atomic mass is 10.1. The van der Waals surface area contributed by atoms with Crippen LogP contribution in [0.25, 0.3) is 0 Å². The van der Waals surface area contributed by atoms with Crippen molar-refractivity contribution in [2.24, 2.45) is 0 Å². The number of hydrogen-bond acceptors (Lipinski definition) is 1. The van der Waals surface area contributed by atoms with Gasteiger partial charge in [0.1, 0.15) is 0 Å². The quantitative estimate of drug-likeness (QED) is 0.350. The molecule has 0 aromatic heterocycles. The van der Waals surface area contributed by atoms with E-state index in [9.17, 15) is 4.79 Å². The van der Waals surface area contributed by atoms with Crippen LogP contribution in [0.3, 0.4) is 0 Å². The van der Waals surface area contributed by atoms with Crippen LogP contribution < -0.4 is 5.32 Å². The third-order valence-corrected chi connectivity index (χ3v) is 4.29. The van der Waals surface area contributed by atoms with Crippen molar-refractivity contribution in [2.75, 3.05) is 5.32 Å². The first-order chi connectivity index (χ1) is 10.2. The van der Waals surface area contributed by atoms with Crippen LogP contribution in [-0.4, -0.2) is 5.91 Å². The molecular weight excluding hydrogens is 373 g/mol. The van der Waals surface area contributed by atoms with E-state index in [0.717, 1.165) is 15.7 Å². The lowest BCUT2D eigenvalue weighted by Crippen LogP contribution is -2.11. The Labute approximate surface area is 143 Å². The molecule has 0 bridgehead atoms. The van der Waals surface area contributed by atoms with E-state index in [1.54, 1.807) is 0 Å². The summed E-state index contributed by atoms with van der Waals surface area (Å²) in [6.07, 6.45) is 12.2. The monoisotopic (exact) mass is 401 g/mol. The highest BCUT2D eigenvalue weighted by molar-refractivity contribution is 14.1. The van der Waals surface area contributed by atoms with Crippen molar-refractivity contribution in [1.82, 2.24) is 0 Å². The Bertz CT molecular complexity index is 406. The maximum absolute atomic E-state index is 11.8. The molecule has 0 heterocycles. The van der Waals surface area contributed by atoms with Crippen LogP contribution >= 0.6 is 22.6 Å². The Kier molecular flexibility index (Phi) is 10.6. The van der Waals surface area contributed by atoms with Gasteiger partial charge in [0.05, 0.1) is 0 Å². The van der Waals surface area contributed by atoms with Gasteiger partial charge in [-0.3, -0.25) is 4.79 Å². The van der Waals surface area contributed by atoms with Gasteiger partial charge in [0.2, 0.25) is 5.91 Å². The fourth-order valence-electron chi connectivity index (χ4n) is 2.39. The first-order valence-electron chi connectivity index (χ1n) is 8.28. The number of amides is 1. The van der Waals surface area contributed by atoms with Crippen molar-refractivity contribution in [3.8, 4) is 0 Å². The summed E-state index contributed by atoms with van der Waals surface area (Å²) in [4.78, 5) is 11.8. The minimum absolute atomic E-state index is 0.139. The molecule has 0 radical (unpaired) electrons. The molecule has 1 aromatic rings. The molecule has 0 atom stereocenters. The second-order valence-electron chi connectivity index (χ2n) is 5.64. The van der Waals surface area contributed by atoms with E-state index in [1.165, 1.54) is 51.4 Å². The first-order valence-corrected chi connectivity index (χ1v) is 9.35. The highest BCUT2D eigenvalue weighted by Crippen LogP contribution is 2.14. The normalized spacial score (nSPS) is 10.6. The zero-order chi connectivity index (χ0) is 15.3. The Balaban J connectivity index is 1.99. The van der Waals surface area contributed by atoms with Crippen LogP contribution in [0.15, 0.2) is 24.3 Å². The van der Waals surface area contributed by atoms with E-state index in [-0.39, 0.29) is 5.91 Å². The molecule has 0 unspecified atom stereocenters. The summed E-state index contributed by atoms with van der Waals surface area (Å²) in [6.45, 7) is 2.25. The molecule has 1 rings (SSSR count). The van der Waals surface area contributed by atoms with Gasteiger partial charge >= 0.3 is 0 Å². The highest BCUT2D eigenvalue weighted by atomic mass is 127. The van der Waals surface area contributed by atoms with E-state index in [2.05, 4.69) is 34.8 Å². The van der Waals surface area contributed by atoms with Gasteiger partial charge in [-0.05, 0) is 47.2 Å². The molecule has 1 aromatic carbocycles. The lowest BCUT2D eigenvalue weighted by Gasteiger charge is -2.05. The van der Waals surface area contributed by atoms with Crippen molar-refractivity contribution in [3.63, 3.8) is 0 Å². The van der Waals surface area contributed by atoms with Gasteiger partial charge in [-0.1, -0.05) is 64.4 Å². The Morgan fingerprint density at radius 1 is 1.00 bits per heavy atom. The third kappa shape index (κ3) is 9.88. The van der Waals surface area contributed by atoms with E-state index >= 15 is 0 Å². The van der Waals surface area contributed by atoms with E-state index < -0.39 is 0 Å². The van der Waals surface area contributed by atoms with Crippen molar-refractivity contribution in [2.45, 2.75) is 71.1 Å². The summed E-state index contributed by atoms with van der Waals surface area (Å²) in [7, 11) is 0. The average Bonchev–Trinajstić information content (AvgIpc) is 2.45. The molecule has 0 aliphatic carbocycles. The minimum atomic E-state index is 0.139. The van der Waals surface area contributed by atoms with E-state index in [0.29, 0.717) is 6.42 Å². The largest absolute Gasteiger partial charge is 0.326 e. The number of carbonyl (C=O) groups excluding carboxylic acids is 1. The molecular formula is C18H28INO. The lowest BCUT2D eigenvalue weighted by molar-refractivity contribution is -0.116. The number of nitrogens with one attached hydrogen (secondary N) is 1. The summed E-state index contributed by atoms with van der Waals surface area (Å²) in [5, 5.41) is 2.96. The van der Waals surface area contributed by atoms with Crippen LogP contribution in [0, 0.1) is 3.57 Å². The molecule has 1 N–H and O–H groups in total. The van der Waals surface area contributed by atoms with Crippen LogP contribution in [0.1, 0.15) is 71.1 Å². The summed E-state index contributed by atoms with van der Waals surface area (Å²) >= 11 is 2.26. The second-order valence-corrected chi connectivity index (χ2v) is 6.88. The average molecular weight is 401 g/mol. The maximum atomic E-state index is 11.8. The fraction of sp³-hybridized carbons (Fsp3) is 0.611. The smallest absolute Gasteiger partial charge is 0.224 e. The van der Waals surface area contributed by atoms with Crippen LogP contribution in [-0.2, 0) is 4.79 Å². The van der Waals surface area contributed by atoms with Gasteiger partial charge in [0.25, 0.3) is 0 Å². The third-order valence-electron chi connectivity index (χ3n) is 3.62. The molecule has 0 aliphatic heterocycles. The molecule has 0 spiro atoms. The van der Waals surface area contributed by atoms with Crippen molar-refractivity contribution < 1.29 is 4.79 Å². The van der Waals surface area contributed by atoms with Gasteiger partial charge in [-0.25, -0.2) is 0 Å². The van der Waals surface area contributed by atoms with Gasteiger partial charge in [-0.2, -0.15) is 0 Å². The molecule has 0 fully saturated rings. The standard InChI is InChI=1S/C18H28INO/c1-2-3-4-5-6-7-8-9-10-14-18(21)20-17-13-11-12-16(19)15-17/h11-13,15H,2-10,14H2,1H3,(H,20,21). The number of anilines is 1. The van der Waals surface area contributed by atoms with Gasteiger partial charge in [0, 0.05) is 15.7 Å². The van der Waals surface area contributed by atoms with Crippen LogP contribution in [0.5, 0.6) is 0 Å². The minimum Gasteiger partial charge on any atom is -0.326 e. The van der Waals surface area contributed by atoms with Crippen molar-refractivity contribution in [1.29, 1.82) is 0 Å². The number of halogens is 1. The second kappa shape index (κ2) is 12.0.